The zero-order chi connectivity index (χ0) is 17.2. The van der Waals surface area contributed by atoms with E-state index in [1.54, 1.807) is 6.21 Å². The van der Waals surface area contributed by atoms with Crippen LogP contribution < -0.4 is 5.43 Å². The fraction of sp³-hybridized carbons (Fsp3) is 0. The Balaban J connectivity index is 1.79. The van der Waals surface area contributed by atoms with E-state index in [1.807, 2.05) is 48.5 Å². The third-order valence-electron chi connectivity index (χ3n) is 4.12. The monoisotopic (exact) mass is 332 g/mol. The molecule has 0 aliphatic carbocycles. The number of hydrogen-bond acceptors (Lipinski definition) is 2. The predicted octanol–water partition coefficient (Wildman–Crippen LogP) is 5.72. The highest BCUT2D eigenvalue weighted by molar-refractivity contribution is 6.13. The number of rotatable bonds is 3. The molecule has 1 N–H and O–H groups in total. The first-order valence-electron chi connectivity index (χ1n) is 7.87. The van der Waals surface area contributed by atoms with Crippen molar-refractivity contribution < 1.29 is 8.78 Å². The summed E-state index contributed by atoms with van der Waals surface area (Å²) in [5.41, 5.74) is 3.72. The first kappa shape index (κ1) is 15.3. The highest BCUT2D eigenvalue weighted by Crippen LogP contribution is 2.27. The molecule has 0 aliphatic rings. The van der Waals surface area contributed by atoms with Crippen LogP contribution in [0.15, 0.2) is 77.9 Å². The van der Waals surface area contributed by atoms with Gasteiger partial charge in [-0.1, -0.05) is 48.5 Å². The third-order valence-corrected chi connectivity index (χ3v) is 4.12. The van der Waals surface area contributed by atoms with E-state index in [0.29, 0.717) is 0 Å². The molecule has 4 heteroatoms. The Labute approximate surface area is 143 Å². The van der Waals surface area contributed by atoms with Crippen molar-refractivity contribution in [2.75, 3.05) is 5.43 Å². The van der Waals surface area contributed by atoms with Crippen LogP contribution in [0.25, 0.3) is 21.5 Å². The maximum Gasteiger partial charge on any atom is 0.151 e. The average molecular weight is 332 g/mol. The summed E-state index contributed by atoms with van der Waals surface area (Å²) < 4.78 is 26.7. The number of fused-ring (bicyclic) bond motifs is 2. The van der Waals surface area contributed by atoms with Crippen molar-refractivity contribution in [1.82, 2.24) is 0 Å². The smallest absolute Gasteiger partial charge is 0.151 e. The molecule has 0 saturated heterocycles. The first-order chi connectivity index (χ1) is 12.2. The Morgan fingerprint density at radius 2 is 1.40 bits per heavy atom. The molecule has 2 nitrogen and oxygen atoms in total. The summed E-state index contributed by atoms with van der Waals surface area (Å²) in [6.07, 6.45) is 1.67. The highest BCUT2D eigenvalue weighted by atomic mass is 19.1. The minimum Gasteiger partial charge on any atom is -0.276 e. The van der Waals surface area contributed by atoms with Gasteiger partial charge in [-0.3, -0.25) is 5.43 Å². The van der Waals surface area contributed by atoms with Crippen LogP contribution in [0.1, 0.15) is 5.56 Å². The number of benzene rings is 4. The molecule has 25 heavy (non-hydrogen) atoms. The zero-order valence-corrected chi connectivity index (χ0v) is 13.2. The van der Waals surface area contributed by atoms with E-state index in [1.165, 1.54) is 12.1 Å². The largest absolute Gasteiger partial charge is 0.276 e. The molecule has 0 spiro atoms. The Bertz CT molecular complexity index is 1050. The normalized spacial score (nSPS) is 11.4. The second kappa shape index (κ2) is 6.32. The molecule has 122 valence electrons. The molecule has 0 bridgehead atoms. The lowest BCUT2D eigenvalue weighted by atomic mass is 9.97. The maximum atomic E-state index is 13.7. The van der Waals surface area contributed by atoms with Gasteiger partial charge >= 0.3 is 0 Å². The number of hydrazone groups is 1. The van der Waals surface area contributed by atoms with Crippen molar-refractivity contribution in [1.29, 1.82) is 0 Å². The standard InChI is InChI=1S/C21H14F2N2/c22-16-9-10-21(20(23)12-16)25-24-13-19-17-7-3-1-5-14(17)11-15-6-2-4-8-18(15)19/h1-13,25H/b24-13-. The molecule has 0 fully saturated rings. The van der Waals surface area contributed by atoms with E-state index >= 15 is 0 Å². The maximum absolute atomic E-state index is 13.7. The van der Waals surface area contributed by atoms with Gasteiger partial charge in [0, 0.05) is 11.6 Å². The van der Waals surface area contributed by atoms with E-state index in [9.17, 15) is 8.78 Å². The molecule has 0 saturated carbocycles. The summed E-state index contributed by atoms with van der Waals surface area (Å²) in [5.74, 6) is -1.30. The molecule has 4 rings (SSSR count). The first-order valence-corrected chi connectivity index (χ1v) is 7.87. The number of hydrogen-bond donors (Lipinski definition) is 1. The summed E-state index contributed by atoms with van der Waals surface area (Å²) in [6, 6.07) is 21.6. The van der Waals surface area contributed by atoms with E-state index in [4.69, 9.17) is 0 Å². The van der Waals surface area contributed by atoms with Gasteiger partial charge in [0.05, 0.1) is 11.9 Å². The number of nitrogens with zero attached hydrogens (tertiary/aromatic N) is 1. The third kappa shape index (κ3) is 2.94. The minimum atomic E-state index is -0.681. The van der Waals surface area contributed by atoms with E-state index in [-0.39, 0.29) is 5.69 Å². The molecule has 0 heterocycles. The number of nitrogens with one attached hydrogen (secondary N) is 1. The summed E-state index contributed by atoms with van der Waals surface area (Å²) in [7, 11) is 0. The molecular formula is C21H14F2N2. The van der Waals surface area contributed by atoms with Gasteiger partial charge in [0.25, 0.3) is 0 Å². The molecule has 0 aliphatic heterocycles. The second-order valence-corrected chi connectivity index (χ2v) is 5.73. The lowest BCUT2D eigenvalue weighted by Gasteiger charge is -2.08. The molecule has 4 aromatic carbocycles. The summed E-state index contributed by atoms with van der Waals surface area (Å²) in [5, 5.41) is 8.50. The van der Waals surface area contributed by atoms with E-state index in [2.05, 4.69) is 16.6 Å². The van der Waals surface area contributed by atoms with Crippen molar-refractivity contribution in [2.45, 2.75) is 0 Å². The van der Waals surface area contributed by atoms with Crippen LogP contribution in [-0.4, -0.2) is 6.21 Å². The van der Waals surface area contributed by atoms with Gasteiger partial charge < -0.3 is 0 Å². The molecule has 0 aromatic heterocycles. The molecular weight excluding hydrogens is 318 g/mol. The Hall–Kier alpha value is -3.27. The van der Waals surface area contributed by atoms with E-state index < -0.39 is 11.6 Å². The fourth-order valence-electron chi connectivity index (χ4n) is 2.93. The lowest BCUT2D eigenvalue weighted by Crippen LogP contribution is -1.95. The van der Waals surface area contributed by atoms with Gasteiger partial charge in [0.1, 0.15) is 5.82 Å². The number of anilines is 1. The van der Waals surface area contributed by atoms with Gasteiger partial charge in [0.2, 0.25) is 0 Å². The van der Waals surface area contributed by atoms with E-state index in [0.717, 1.165) is 33.2 Å². The van der Waals surface area contributed by atoms with Crippen LogP contribution in [0.4, 0.5) is 14.5 Å². The summed E-state index contributed by atoms with van der Waals surface area (Å²) in [6.45, 7) is 0. The Kier molecular flexibility index (Phi) is 3.86. The molecule has 0 radical (unpaired) electrons. The van der Waals surface area contributed by atoms with Crippen molar-refractivity contribution >= 4 is 33.4 Å². The number of halogens is 2. The summed E-state index contributed by atoms with van der Waals surface area (Å²) in [4.78, 5) is 0. The molecule has 0 unspecified atom stereocenters. The van der Waals surface area contributed by atoms with Crippen LogP contribution in [0.5, 0.6) is 0 Å². The van der Waals surface area contributed by atoms with Crippen LogP contribution in [0.2, 0.25) is 0 Å². The topological polar surface area (TPSA) is 24.4 Å². The Morgan fingerprint density at radius 3 is 2.04 bits per heavy atom. The lowest BCUT2D eigenvalue weighted by molar-refractivity contribution is 0.585. The SMILES string of the molecule is Fc1ccc(N/N=C\c2c3ccccc3cc3ccccc23)c(F)c1. The van der Waals surface area contributed by atoms with Gasteiger partial charge in [-0.15, -0.1) is 0 Å². The summed E-state index contributed by atoms with van der Waals surface area (Å²) >= 11 is 0. The molecule has 0 amide bonds. The van der Waals surface area contributed by atoms with Gasteiger partial charge in [-0.25, -0.2) is 8.78 Å². The van der Waals surface area contributed by atoms with Crippen molar-refractivity contribution in [2.24, 2.45) is 5.10 Å². The van der Waals surface area contributed by atoms with Crippen LogP contribution in [0, 0.1) is 11.6 Å². The average Bonchev–Trinajstić information content (AvgIpc) is 2.63. The van der Waals surface area contributed by atoms with Crippen LogP contribution in [-0.2, 0) is 0 Å². The van der Waals surface area contributed by atoms with Gasteiger partial charge in [-0.05, 0) is 39.7 Å². The molecule has 4 aromatic rings. The van der Waals surface area contributed by atoms with Crippen LogP contribution >= 0.6 is 0 Å². The van der Waals surface area contributed by atoms with Gasteiger partial charge in [0.15, 0.2) is 5.82 Å². The Morgan fingerprint density at radius 1 is 0.760 bits per heavy atom. The molecule has 0 atom stereocenters. The van der Waals surface area contributed by atoms with Crippen molar-refractivity contribution in [3.05, 3.63) is 90.0 Å². The van der Waals surface area contributed by atoms with Crippen molar-refractivity contribution in [3.63, 3.8) is 0 Å². The van der Waals surface area contributed by atoms with Gasteiger partial charge in [-0.2, -0.15) is 5.10 Å². The zero-order valence-electron chi connectivity index (χ0n) is 13.2. The second-order valence-electron chi connectivity index (χ2n) is 5.73. The predicted molar refractivity (Wildman–Crippen MR) is 99.0 cm³/mol. The van der Waals surface area contributed by atoms with Crippen LogP contribution in [0.3, 0.4) is 0 Å². The minimum absolute atomic E-state index is 0.127. The highest BCUT2D eigenvalue weighted by Gasteiger charge is 2.06. The quantitative estimate of drug-likeness (QED) is 0.290. The van der Waals surface area contributed by atoms with Crippen molar-refractivity contribution in [3.8, 4) is 0 Å². The fourth-order valence-corrected chi connectivity index (χ4v) is 2.93.